The van der Waals surface area contributed by atoms with Crippen molar-refractivity contribution in [1.29, 1.82) is 0 Å². The molecule has 1 atom stereocenters. The molecule has 27 heavy (non-hydrogen) atoms. The highest BCUT2D eigenvalue weighted by Crippen LogP contribution is 2.39. The first-order valence-corrected chi connectivity index (χ1v) is 9.99. The summed E-state index contributed by atoms with van der Waals surface area (Å²) in [4.78, 5) is 4.77. The fourth-order valence-electron chi connectivity index (χ4n) is 4.14. The molecule has 3 rings (SSSR count). The number of β-amino-alcohol motifs (C(OH)–C–C–N with tert-alkyl or cyclic N) is 1. The van der Waals surface area contributed by atoms with Crippen LogP contribution in [0.4, 0.5) is 0 Å². The van der Waals surface area contributed by atoms with E-state index in [1.807, 2.05) is 12.1 Å². The lowest BCUT2D eigenvalue weighted by molar-refractivity contribution is -0.140. The molecule has 1 aromatic rings. The van der Waals surface area contributed by atoms with E-state index >= 15 is 0 Å². The first-order valence-electron chi connectivity index (χ1n) is 9.99. The number of piperidine rings is 1. The first-order chi connectivity index (χ1) is 12.9. The fourth-order valence-corrected chi connectivity index (χ4v) is 4.14. The molecular weight excluding hydrogens is 344 g/mol. The molecule has 2 aliphatic heterocycles. The van der Waals surface area contributed by atoms with Crippen molar-refractivity contribution in [3.05, 3.63) is 29.8 Å². The number of aliphatic hydroxyl groups excluding tert-OH is 1. The van der Waals surface area contributed by atoms with E-state index in [-0.39, 0.29) is 12.0 Å². The minimum absolute atomic E-state index is 0.0258. The lowest BCUT2D eigenvalue weighted by Crippen LogP contribution is -2.62. The van der Waals surface area contributed by atoms with Crippen LogP contribution in [0.5, 0.6) is 5.75 Å². The minimum atomic E-state index is -0.664. The molecule has 152 valence electrons. The minimum Gasteiger partial charge on any atom is -0.491 e. The number of hydrogen-bond acceptors (Lipinski definition) is 6. The van der Waals surface area contributed by atoms with Crippen molar-refractivity contribution in [1.82, 2.24) is 9.80 Å². The van der Waals surface area contributed by atoms with Crippen molar-refractivity contribution >= 4 is 0 Å². The molecule has 1 aromatic carbocycles. The molecule has 2 aliphatic rings. The van der Waals surface area contributed by atoms with E-state index in [4.69, 9.17) is 14.6 Å². The molecular formula is C21H34N2O4. The van der Waals surface area contributed by atoms with E-state index in [1.165, 1.54) is 5.56 Å². The lowest BCUT2D eigenvalue weighted by atomic mass is 9.69. The Morgan fingerprint density at radius 1 is 1.07 bits per heavy atom. The van der Waals surface area contributed by atoms with Crippen molar-refractivity contribution in [3.63, 3.8) is 0 Å². The number of hydrogen-bond donors (Lipinski definition) is 2. The molecule has 0 saturated carbocycles. The summed E-state index contributed by atoms with van der Waals surface area (Å²) in [6.45, 7) is 11.4. The van der Waals surface area contributed by atoms with Crippen LogP contribution in [0.3, 0.4) is 0 Å². The van der Waals surface area contributed by atoms with Gasteiger partial charge in [0, 0.05) is 44.7 Å². The summed E-state index contributed by atoms with van der Waals surface area (Å²) in [6.07, 6.45) is 0.787. The monoisotopic (exact) mass is 378 g/mol. The predicted octanol–water partition coefficient (Wildman–Crippen LogP) is 1.35. The first kappa shape index (κ1) is 20.6. The fraction of sp³-hybridized carbons (Fsp3) is 0.714. The molecule has 2 fully saturated rings. The molecule has 0 aliphatic carbocycles. The summed E-state index contributed by atoms with van der Waals surface area (Å²) < 4.78 is 10.9. The summed E-state index contributed by atoms with van der Waals surface area (Å²) in [5, 5.41) is 20.2. The van der Waals surface area contributed by atoms with E-state index in [1.54, 1.807) is 0 Å². The molecule has 0 bridgehead atoms. The third-order valence-corrected chi connectivity index (χ3v) is 6.00. The summed E-state index contributed by atoms with van der Waals surface area (Å²) in [5.74, 6) is 0.784. The van der Waals surface area contributed by atoms with Crippen molar-refractivity contribution in [2.24, 2.45) is 5.41 Å². The highest BCUT2D eigenvalue weighted by Gasteiger charge is 2.48. The van der Waals surface area contributed by atoms with Crippen molar-refractivity contribution < 1.29 is 19.7 Å². The summed E-state index contributed by atoms with van der Waals surface area (Å²) in [6, 6.07) is 8.06. The van der Waals surface area contributed by atoms with E-state index < -0.39 is 5.60 Å². The maximum absolute atomic E-state index is 11.4. The maximum atomic E-state index is 11.4. The van der Waals surface area contributed by atoms with Gasteiger partial charge in [-0.3, -0.25) is 9.80 Å². The van der Waals surface area contributed by atoms with E-state index in [2.05, 4.69) is 35.8 Å². The number of morpholine rings is 1. The van der Waals surface area contributed by atoms with E-state index in [9.17, 15) is 5.11 Å². The number of benzene rings is 1. The van der Waals surface area contributed by atoms with Crippen molar-refractivity contribution in [3.8, 4) is 5.75 Å². The normalized spacial score (nSPS) is 26.8. The van der Waals surface area contributed by atoms with Gasteiger partial charge in [0.2, 0.25) is 0 Å². The van der Waals surface area contributed by atoms with Crippen LogP contribution in [0.1, 0.15) is 25.8 Å². The molecule has 2 saturated heterocycles. The highest BCUT2D eigenvalue weighted by atomic mass is 16.5. The molecule has 0 aromatic heterocycles. The van der Waals surface area contributed by atoms with Gasteiger partial charge in [-0.1, -0.05) is 26.0 Å². The average molecular weight is 379 g/mol. The topological polar surface area (TPSA) is 65.4 Å². The van der Waals surface area contributed by atoms with Gasteiger partial charge in [-0.25, -0.2) is 0 Å². The third kappa shape index (κ3) is 5.21. The Labute approximate surface area is 162 Å². The molecule has 2 heterocycles. The zero-order valence-electron chi connectivity index (χ0n) is 16.7. The van der Waals surface area contributed by atoms with Crippen LogP contribution in [0.15, 0.2) is 24.3 Å². The highest BCUT2D eigenvalue weighted by molar-refractivity contribution is 5.27. The maximum Gasteiger partial charge on any atom is 0.119 e. The van der Waals surface area contributed by atoms with Gasteiger partial charge in [0.15, 0.2) is 0 Å². The number of ether oxygens (including phenoxy) is 2. The Morgan fingerprint density at radius 3 is 2.41 bits per heavy atom. The smallest absolute Gasteiger partial charge is 0.119 e. The molecule has 0 radical (unpaired) electrons. The lowest BCUT2D eigenvalue weighted by Gasteiger charge is -2.52. The number of rotatable bonds is 7. The van der Waals surface area contributed by atoms with Crippen LogP contribution in [-0.4, -0.2) is 84.8 Å². The predicted molar refractivity (Wildman–Crippen MR) is 105 cm³/mol. The van der Waals surface area contributed by atoms with Gasteiger partial charge >= 0.3 is 0 Å². The summed E-state index contributed by atoms with van der Waals surface area (Å²) >= 11 is 0. The standard InChI is InChI=1S/C21H34N2O4/c1-20(2)16-23(15-18-3-5-19(6-4-18)27-14-11-24)8-7-21(20,25)17-22-9-12-26-13-10-22/h3-6,24-25H,7-17H2,1-2H3. The second-order valence-electron chi connectivity index (χ2n) is 8.48. The number of nitrogens with zero attached hydrogens (tertiary/aromatic N) is 2. The molecule has 0 amide bonds. The van der Waals surface area contributed by atoms with Crippen LogP contribution in [0.25, 0.3) is 0 Å². The van der Waals surface area contributed by atoms with Crippen molar-refractivity contribution in [2.75, 3.05) is 59.2 Å². The molecule has 6 heteroatoms. The molecule has 1 unspecified atom stereocenters. The second-order valence-corrected chi connectivity index (χ2v) is 8.48. The van der Waals surface area contributed by atoms with Crippen LogP contribution < -0.4 is 4.74 Å². The Morgan fingerprint density at radius 2 is 1.78 bits per heavy atom. The Balaban J connectivity index is 1.56. The Hall–Kier alpha value is -1.18. The van der Waals surface area contributed by atoms with E-state index in [0.717, 1.165) is 64.7 Å². The van der Waals surface area contributed by atoms with Crippen LogP contribution in [0, 0.1) is 5.41 Å². The van der Waals surface area contributed by atoms with Gasteiger partial charge in [0.1, 0.15) is 12.4 Å². The summed E-state index contributed by atoms with van der Waals surface area (Å²) in [7, 11) is 0. The second kappa shape index (κ2) is 8.88. The SMILES string of the molecule is CC1(C)CN(Cc2ccc(OCCO)cc2)CCC1(O)CN1CCOCC1. The Kier molecular flexibility index (Phi) is 6.76. The quantitative estimate of drug-likeness (QED) is 0.747. The van der Waals surface area contributed by atoms with Crippen molar-refractivity contribution in [2.45, 2.75) is 32.4 Å². The van der Waals surface area contributed by atoms with E-state index in [0.29, 0.717) is 6.61 Å². The largest absolute Gasteiger partial charge is 0.491 e. The average Bonchev–Trinajstić information content (AvgIpc) is 2.65. The third-order valence-electron chi connectivity index (χ3n) is 6.00. The number of aliphatic hydroxyl groups is 2. The van der Waals surface area contributed by atoms with Gasteiger partial charge in [-0.2, -0.15) is 0 Å². The number of likely N-dealkylation sites (tertiary alicyclic amines) is 1. The van der Waals surface area contributed by atoms with Gasteiger partial charge < -0.3 is 19.7 Å². The molecule has 2 N–H and O–H groups in total. The zero-order valence-corrected chi connectivity index (χ0v) is 16.7. The van der Waals surface area contributed by atoms with Crippen LogP contribution in [0.2, 0.25) is 0 Å². The van der Waals surface area contributed by atoms with Gasteiger partial charge in [0.25, 0.3) is 0 Å². The Bertz CT molecular complexity index is 586. The zero-order chi connectivity index (χ0) is 19.3. The molecule has 6 nitrogen and oxygen atoms in total. The van der Waals surface area contributed by atoms with Gasteiger partial charge in [-0.05, 0) is 24.1 Å². The molecule has 0 spiro atoms. The van der Waals surface area contributed by atoms with Gasteiger partial charge in [-0.15, -0.1) is 0 Å². The summed E-state index contributed by atoms with van der Waals surface area (Å²) in [5.41, 5.74) is 0.400. The van der Waals surface area contributed by atoms with Crippen LogP contribution in [-0.2, 0) is 11.3 Å². The van der Waals surface area contributed by atoms with Crippen LogP contribution >= 0.6 is 0 Å². The van der Waals surface area contributed by atoms with Gasteiger partial charge in [0.05, 0.1) is 25.4 Å².